The van der Waals surface area contributed by atoms with Crippen LogP contribution >= 0.6 is 0 Å². The highest BCUT2D eigenvalue weighted by Crippen LogP contribution is 2.16. The minimum Gasteiger partial charge on any atom is -0.480 e. The van der Waals surface area contributed by atoms with Gasteiger partial charge in [-0.25, -0.2) is 0 Å². The van der Waals surface area contributed by atoms with Crippen molar-refractivity contribution in [3.8, 4) is 0 Å². The molecule has 6 N–H and O–H groups in total. The van der Waals surface area contributed by atoms with E-state index in [0.717, 1.165) is 0 Å². The van der Waals surface area contributed by atoms with E-state index < -0.39 is 34.8 Å². The molecule has 0 bridgehead atoms. The predicted molar refractivity (Wildman–Crippen MR) is 228 cm³/mol. The zero-order chi connectivity index (χ0) is 45.5. The summed E-state index contributed by atoms with van der Waals surface area (Å²) in [6, 6.07) is -0.924. The number of carboxylic acids is 3. The van der Waals surface area contributed by atoms with Crippen molar-refractivity contribution in [2.75, 3.05) is 162 Å². The first-order valence-electron chi connectivity index (χ1n) is 21.4. The molecule has 1 aliphatic heterocycles. The summed E-state index contributed by atoms with van der Waals surface area (Å²) in [5.41, 5.74) is -0.962. The Hall–Kier alpha value is -4.29. The number of anilines is 2. The smallest absolute Gasteiger partial charge is 0.320 e. The number of nitrogens with zero attached hydrogens (tertiary/aromatic N) is 4. The number of nitrogens with one attached hydrogen (secondary N) is 3. The van der Waals surface area contributed by atoms with Gasteiger partial charge in [-0.2, -0.15) is 0 Å². The molecular weight excluding hydrogens is 818 g/mol. The zero-order valence-corrected chi connectivity index (χ0v) is 36.4. The normalized spacial score (nSPS) is 14.7. The molecule has 22 nitrogen and oxygen atoms in total. The first-order valence-corrected chi connectivity index (χ1v) is 21.4. The molecule has 1 fully saturated rings. The van der Waals surface area contributed by atoms with Gasteiger partial charge in [-0.15, -0.1) is 0 Å². The van der Waals surface area contributed by atoms with E-state index in [1.165, 1.54) is 11.8 Å². The molecule has 0 saturated carbocycles. The molecule has 1 atom stereocenters. The second-order valence-corrected chi connectivity index (χ2v) is 14.6. The minimum atomic E-state index is -1.07. The van der Waals surface area contributed by atoms with Crippen molar-refractivity contribution >= 4 is 41.1 Å². The third-order valence-electron chi connectivity index (χ3n) is 9.82. The lowest BCUT2D eigenvalue weighted by molar-refractivity contribution is -0.144. The van der Waals surface area contributed by atoms with Gasteiger partial charge in [0.2, 0.25) is 11.8 Å². The Labute approximate surface area is 362 Å². The fraction of sp³-hybridized carbons (Fsp3) is 0.775. The van der Waals surface area contributed by atoms with Crippen LogP contribution in [0.1, 0.15) is 46.0 Å². The minimum absolute atomic E-state index is 0.0115. The third-order valence-corrected chi connectivity index (χ3v) is 9.82. The summed E-state index contributed by atoms with van der Waals surface area (Å²) in [7, 11) is 0. The number of ether oxygens (including phenoxy) is 5. The summed E-state index contributed by atoms with van der Waals surface area (Å²) >= 11 is 0. The van der Waals surface area contributed by atoms with Gasteiger partial charge in [0.15, 0.2) is 0 Å². The molecule has 1 unspecified atom stereocenters. The molecule has 0 aromatic heterocycles. The topological polar surface area (TPSA) is 275 Å². The Morgan fingerprint density at radius 1 is 0.629 bits per heavy atom. The SMILES string of the molecule is CCOCCOCCCN(CC(=O)NCCCOCCOCCOCCCNc1c(NCCCC(C(=O)O)N2CCN(CC(=O)O)CCN(CC(=O)O)CC2)c(=O)c1=O)C(C)=O. The predicted octanol–water partition coefficient (Wildman–Crippen LogP) is -1.33. The van der Waals surface area contributed by atoms with Crippen molar-refractivity contribution in [2.45, 2.75) is 52.0 Å². The number of amides is 2. The molecule has 2 rings (SSSR count). The van der Waals surface area contributed by atoms with E-state index in [4.69, 9.17) is 23.7 Å². The molecule has 22 heteroatoms. The number of carbonyl (C=O) groups excluding carboxylic acids is 2. The monoisotopic (exact) mass is 887 g/mol. The van der Waals surface area contributed by atoms with E-state index in [2.05, 4.69) is 16.0 Å². The van der Waals surface area contributed by atoms with Crippen molar-refractivity contribution in [1.29, 1.82) is 0 Å². The lowest BCUT2D eigenvalue weighted by Gasteiger charge is -2.30. The summed E-state index contributed by atoms with van der Waals surface area (Å²) in [5.74, 6) is -3.54. The summed E-state index contributed by atoms with van der Waals surface area (Å²) in [6.45, 7) is 10.6. The number of aliphatic carboxylic acids is 3. The molecule has 1 aromatic carbocycles. The number of carboxylic acid groups (broad SMARTS) is 3. The highest BCUT2D eigenvalue weighted by atomic mass is 16.5. The van der Waals surface area contributed by atoms with Gasteiger partial charge in [0.05, 0.1) is 59.3 Å². The molecule has 62 heavy (non-hydrogen) atoms. The Morgan fingerprint density at radius 3 is 1.56 bits per heavy atom. The molecule has 0 aliphatic carbocycles. The number of carbonyl (C=O) groups is 5. The first-order chi connectivity index (χ1) is 29.8. The van der Waals surface area contributed by atoms with E-state index in [-0.39, 0.29) is 68.9 Å². The van der Waals surface area contributed by atoms with Crippen molar-refractivity contribution < 1.29 is 63.0 Å². The van der Waals surface area contributed by atoms with Gasteiger partial charge in [0, 0.05) is 98.8 Å². The average molecular weight is 888 g/mol. The second kappa shape index (κ2) is 32.4. The van der Waals surface area contributed by atoms with Crippen LogP contribution in [0.15, 0.2) is 9.59 Å². The summed E-state index contributed by atoms with van der Waals surface area (Å²) in [6.07, 6.45) is 2.34. The Balaban J connectivity index is 1.55. The standard InChI is InChI=1S/C40H69N7O15/c1-3-58-22-23-61-21-7-12-47(31(2)48)28-33(49)41-10-5-19-59-24-26-62-27-25-60-20-6-11-43-37-36(38(54)39(37)55)42-9-4-8-32(40(56)57)46-17-15-44(29-34(50)51)13-14-45(16-18-46)30-35(52)53/h32,42-43H,3-30H2,1-2H3,(H,41,49)(H,50,51)(H,52,53)(H,56,57). The number of rotatable bonds is 36. The van der Waals surface area contributed by atoms with Crippen LogP contribution in [0.3, 0.4) is 0 Å². The van der Waals surface area contributed by atoms with Crippen molar-refractivity contribution in [3.05, 3.63) is 20.4 Å². The quantitative estimate of drug-likeness (QED) is 0.0336. The van der Waals surface area contributed by atoms with E-state index >= 15 is 0 Å². The molecule has 0 radical (unpaired) electrons. The van der Waals surface area contributed by atoms with Crippen LogP contribution in [0.5, 0.6) is 0 Å². The molecule has 354 valence electrons. The van der Waals surface area contributed by atoms with Crippen LogP contribution in [0.25, 0.3) is 0 Å². The van der Waals surface area contributed by atoms with Crippen LogP contribution in [0.4, 0.5) is 11.4 Å². The van der Waals surface area contributed by atoms with E-state index in [1.807, 2.05) is 6.92 Å². The van der Waals surface area contributed by atoms with Crippen LogP contribution in [0.2, 0.25) is 0 Å². The number of hydrogen-bond acceptors (Lipinski definition) is 17. The fourth-order valence-electron chi connectivity index (χ4n) is 6.50. The van der Waals surface area contributed by atoms with Crippen molar-refractivity contribution in [3.63, 3.8) is 0 Å². The molecule has 1 aromatic rings. The van der Waals surface area contributed by atoms with Gasteiger partial charge >= 0.3 is 17.9 Å². The lowest BCUT2D eigenvalue weighted by atomic mass is 10.1. The van der Waals surface area contributed by atoms with E-state index in [9.17, 15) is 48.9 Å². The maximum Gasteiger partial charge on any atom is 0.320 e. The lowest BCUT2D eigenvalue weighted by Crippen LogP contribution is -2.47. The summed E-state index contributed by atoms with van der Waals surface area (Å²) in [5, 5.41) is 37.4. The van der Waals surface area contributed by atoms with Crippen LogP contribution in [0, 0.1) is 0 Å². The molecular formula is C40H69N7O15. The number of hydrogen-bond donors (Lipinski definition) is 6. The Bertz CT molecular complexity index is 1520. The van der Waals surface area contributed by atoms with Crippen LogP contribution in [-0.4, -0.2) is 222 Å². The molecule has 1 aliphatic rings. The molecule has 1 saturated heterocycles. The van der Waals surface area contributed by atoms with Gasteiger partial charge in [-0.1, -0.05) is 0 Å². The van der Waals surface area contributed by atoms with E-state index in [0.29, 0.717) is 138 Å². The highest BCUT2D eigenvalue weighted by Gasteiger charge is 2.28. The molecule has 1 heterocycles. The summed E-state index contributed by atoms with van der Waals surface area (Å²) < 4.78 is 27.3. The average Bonchev–Trinajstić information content (AvgIpc) is 3.31. The second-order valence-electron chi connectivity index (χ2n) is 14.6. The van der Waals surface area contributed by atoms with Gasteiger partial charge in [-0.3, -0.25) is 48.3 Å². The van der Waals surface area contributed by atoms with E-state index in [1.54, 1.807) is 14.7 Å². The highest BCUT2D eigenvalue weighted by molar-refractivity contribution is 5.83. The Kier molecular flexibility index (Phi) is 28.1. The largest absolute Gasteiger partial charge is 0.480 e. The van der Waals surface area contributed by atoms with Crippen LogP contribution in [-0.2, 0) is 47.7 Å². The maximum absolute atomic E-state index is 12.3. The van der Waals surface area contributed by atoms with Gasteiger partial charge in [0.1, 0.15) is 17.4 Å². The third kappa shape index (κ3) is 23.2. The van der Waals surface area contributed by atoms with Crippen molar-refractivity contribution in [1.82, 2.24) is 24.9 Å². The van der Waals surface area contributed by atoms with Crippen LogP contribution < -0.4 is 26.8 Å². The van der Waals surface area contributed by atoms with Gasteiger partial charge in [0.25, 0.3) is 10.9 Å². The Morgan fingerprint density at radius 2 is 1.08 bits per heavy atom. The maximum atomic E-state index is 12.3. The summed E-state index contributed by atoms with van der Waals surface area (Å²) in [4.78, 5) is 90.2. The van der Waals surface area contributed by atoms with Gasteiger partial charge in [-0.05, 0) is 39.0 Å². The molecule has 0 spiro atoms. The van der Waals surface area contributed by atoms with Gasteiger partial charge < -0.3 is 59.9 Å². The zero-order valence-electron chi connectivity index (χ0n) is 36.4. The van der Waals surface area contributed by atoms with Crippen molar-refractivity contribution in [2.24, 2.45) is 0 Å². The molecule has 2 amide bonds. The fourth-order valence-corrected chi connectivity index (χ4v) is 6.50. The first kappa shape index (κ1) is 53.8.